The Hall–Kier alpha value is -0.200. The second-order valence-corrected chi connectivity index (χ2v) is 6.09. The Labute approximate surface area is 137 Å². The first-order valence-corrected chi connectivity index (χ1v) is 8.67. The van der Waals surface area contributed by atoms with Crippen molar-refractivity contribution in [2.75, 3.05) is 59.4 Å². The van der Waals surface area contributed by atoms with Crippen LogP contribution >= 0.6 is 0 Å². The molecule has 0 aliphatic heterocycles. The van der Waals surface area contributed by atoms with Crippen molar-refractivity contribution in [2.24, 2.45) is 5.92 Å². The maximum Gasteiger partial charge on any atom is 0.0701 e. The molecule has 0 unspecified atom stereocenters. The number of hydrogen-bond donors (Lipinski definition) is 1. The quantitative estimate of drug-likeness (QED) is 0.417. The highest BCUT2D eigenvalue weighted by atomic mass is 16.6. The van der Waals surface area contributed by atoms with E-state index in [0.29, 0.717) is 45.7 Å². The predicted octanol–water partition coefficient (Wildman–Crippen LogP) is 2.49. The molecule has 0 bridgehead atoms. The summed E-state index contributed by atoms with van der Waals surface area (Å²) in [4.78, 5) is 0. The predicted molar refractivity (Wildman–Crippen MR) is 90.5 cm³/mol. The summed E-state index contributed by atoms with van der Waals surface area (Å²) in [6.07, 6.45) is 2.36. The molecule has 0 aromatic rings. The molecule has 1 N–H and O–H groups in total. The highest BCUT2D eigenvalue weighted by Crippen LogP contribution is 2.02. The van der Waals surface area contributed by atoms with E-state index in [2.05, 4.69) is 33.0 Å². The van der Waals surface area contributed by atoms with E-state index in [9.17, 15) is 0 Å². The van der Waals surface area contributed by atoms with Gasteiger partial charge in [0.05, 0.1) is 46.2 Å². The van der Waals surface area contributed by atoms with Crippen LogP contribution in [0.5, 0.6) is 0 Å². The summed E-state index contributed by atoms with van der Waals surface area (Å²) < 4.78 is 21.8. The minimum absolute atomic E-state index is 0.510. The Kier molecular flexibility index (Phi) is 17.0. The summed E-state index contributed by atoms with van der Waals surface area (Å²) in [7, 11) is 0. The molecule has 0 aliphatic carbocycles. The Balaban J connectivity index is 2.97. The molecular weight excluding hydrogens is 282 g/mol. The fourth-order valence-electron chi connectivity index (χ4n) is 1.78. The smallest absolute Gasteiger partial charge is 0.0701 e. The summed E-state index contributed by atoms with van der Waals surface area (Å²) in [5, 5.41) is 3.30. The van der Waals surface area contributed by atoms with Gasteiger partial charge in [-0.25, -0.2) is 0 Å². The summed E-state index contributed by atoms with van der Waals surface area (Å²) in [5.74, 6) is 0.757. The Bertz CT molecular complexity index is 191. The monoisotopic (exact) mass is 319 g/mol. The van der Waals surface area contributed by atoms with Crippen LogP contribution in [0, 0.1) is 5.92 Å². The van der Waals surface area contributed by atoms with Crippen molar-refractivity contribution < 1.29 is 18.9 Å². The lowest BCUT2D eigenvalue weighted by Gasteiger charge is -2.09. The molecule has 0 amide bonds. The molecule has 5 heteroatoms. The van der Waals surface area contributed by atoms with Gasteiger partial charge >= 0.3 is 0 Å². The van der Waals surface area contributed by atoms with E-state index >= 15 is 0 Å². The molecule has 0 rings (SSSR count). The summed E-state index contributed by atoms with van der Waals surface area (Å²) in [6.45, 7) is 15.0. The minimum Gasteiger partial charge on any atom is -0.379 e. The second-order valence-electron chi connectivity index (χ2n) is 6.09. The van der Waals surface area contributed by atoms with Gasteiger partial charge in [-0.2, -0.15) is 0 Å². The van der Waals surface area contributed by atoms with Gasteiger partial charge in [-0.3, -0.25) is 0 Å². The number of hydrogen-bond acceptors (Lipinski definition) is 5. The summed E-state index contributed by atoms with van der Waals surface area (Å²) >= 11 is 0. The third kappa shape index (κ3) is 19.8. The van der Waals surface area contributed by atoms with Gasteiger partial charge < -0.3 is 24.3 Å². The first-order valence-electron chi connectivity index (χ1n) is 8.67. The second kappa shape index (κ2) is 17.2. The van der Waals surface area contributed by atoms with Crippen LogP contribution in [0.2, 0.25) is 0 Å². The molecule has 0 saturated carbocycles. The van der Waals surface area contributed by atoms with E-state index in [4.69, 9.17) is 18.9 Å². The van der Waals surface area contributed by atoms with Crippen molar-refractivity contribution in [2.45, 2.75) is 46.6 Å². The molecule has 0 saturated heterocycles. The molecular formula is C17H37NO4. The lowest BCUT2D eigenvalue weighted by atomic mass is 10.1. The average Bonchev–Trinajstić information content (AvgIpc) is 2.46. The van der Waals surface area contributed by atoms with Gasteiger partial charge in [0.25, 0.3) is 0 Å². The van der Waals surface area contributed by atoms with Crippen LogP contribution < -0.4 is 5.32 Å². The van der Waals surface area contributed by atoms with Crippen molar-refractivity contribution in [3.8, 4) is 0 Å². The van der Waals surface area contributed by atoms with Crippen LogP contribution in [0.3, 0.4) is 0 Å². The maximum atomic E-state index is 5.49. The van der Waals surface area contributed by atoms with E-state index < -0.39 is 0 Å². The molecule has 5 nitrogen and oxygen atoms in total. The molecule has 22 heavy (non-hydrogen) atoms. The van der Waals surface area contributed by atoms with Crippen molar-refractivity contribution in [3.05, 3.63) is 0 Å². The molecule has 134 valence electrons. The number of rotatable bonds is 17. The zero-order valence-corrected chi connectivity index (χ0v) is 15.1. The summed E-state index contributed by atoms with van der Waals surface area (Å²) in [6, 6.07) is 0.510. The fraction of sp³-hybridized carbons (Fsp3) is 1.00. The molecule has 0 radical (unpaired) electrons. The zero-order valence-electron chi connectivity index (χ0n) is 15.1. The van der Waals surface area contributed by atoms with Gasteiger partial charge in [-0.15, -0.1) is 0 Å². The topological polar surface area (TPSA) is 49.0 Å². The largest absolute Gasteiger partial charge is 0.379 e. The lowest BCUT2D eigenvalue weighted by Crippen LogP contribution is -2.27. The number of ether oxygens (including phenoxy) is 4. The van der Waals surface area contributed by atoms with Crippen LogP contribution in [0.1, 0.15) is 40.5 Å². The van der Waals surface area contributed by atoms with Crippen LogP contribution in [0.25, 0.3) is 0 Å². The highest BCUT2D eigenvalue weighted by Gasteiger charge is 1.95. The molecule has 0 aromatic heterocycles. The summed E-state index contributed by atoms with van der Waals surface area (Å²) in [5.41, 5.74) is 0. The van der Waals surface area contributed by atoms with Crippen molar-refractivity contribution in [1.82, 2.24) is 5.32 Å². The third-order valence-corrected chi connectivity index (χ3v) is 2.99. The molecule has 0 aromatic carbocycles. The van der Waals surface area contributed by atoms with Gasteiger partial charge in [-0.05, 0) is 18.8 Å². The first kappa shape index (κ1) is 21.8. The molecule has 0 atom stereocenters. The first-order chi connectivity index (χ1) is 10.6. The van der Waals surface area contributed by atoms with E-state index in [1.807, 2.05) is 0 Å². The SMILES string of the molecule is CC(C)CCCOCCOCCOCCOCCNC(C)C. The molecule has 0 fully saturated rings. The average molecular weight is 319 g/mol. The van der Waals surface area contributed by atoms with Crippen molar-refractivity contribution in [3.63, 3.8) is 0 Å². The normalized spacial score (nSPS) is 11.7. The highest BCUT2D eigenvalue weighted by molar-refractivity contribution is 4.50. The van der Waals surface area contributed by atoms with Crippen LogP contribution in [0.4, 0.5) is 0 Å². The van der Waals surface area contributed by atoms with Crippen LogP contribution in [-0.2, 0) is 18.9 Å². The molecule has 0 aliphatic rings. The fourth-order valence-corrected chi connectivity index (χ4v) is 1.78. The number of nitrogens with one attached hydrogen (secondary N) is 1. The Morgan fingerprint density at radius 3 is 1.55 bits per heavy atom. The van der Waals surface area contributed by atoms with E-state index in [1.165, 1.54) is 6.42 Å². The van der Waals surface area contributed by atoms with Crippen molar-refractivity contribution in [1.29, 1.82) is 0 Å². The standard InChI is InChI=1S/C17H37NO4/c1-16(2)6-5-8-19-10-12-21-14-15-22-13-11-20-9-7-18-17(3)4/h16-18H,5-15H2,1-4H3. The lowest BCUT2D eigenvalue weighted by molar-refractivity contribution is -0.00203. The van der Waals surface area contributed by atoms with Gasteiger partial charge in [0.2, 0.25) is 0 Å². The van der Waals surface area contributed by atoms with E-state index in [0.717, 1.165) is 32.1 Å². The Morgan fingerprint density at radius 1 is 0.636 bits per heavy atom. The third-order valence-electron chi connectivity index (χ3n) is 2.99. The minimum atomic E-state index is 0.510. The van der Waals surface area contributed by atoms with Crippen molar-refractivity contribution >= 4 is 0 Å². The van der Waals surface area contributed by atoms with E-state index in [1.54, 1.807) is 0 Å². The Morgan fingerprint density at radius 2 is 1.09 bits per heavy atom. The van der Waals surface area contributed by atoms with Gasteiger partial charge in [0.15, 0.2) is 0 Å². The van der Waals surface area contributed by atoms with Gasteiger partial charge in [-0.1, -0.05) is 27.7 Å². The van der Waals surface area contributed by atoms with Gasteiger partial charge in [0.1, 0.15) is 0 Å². The molecule has 0 spiro atoms. The zero-order chi connectivity index (χ0) is 16.5. The van der Waals surface area contributed by atoms with Crippen LogP contribution in [0.15, 0.2) is 0 Å². The maximum absolute atomic E-state index is 5.49. The van der Waals surface area contributed by atoms with E-state index in [-0.39, 0.29) is 0 Å². The van der Waals surface area contributed by atoms with Crippen LogP contribution in [-0.4, -0.2) is 65.4 Å². The van der Waals surface area contributed by atoms with Gasteiger partial charge in [0, 0.05) is 19.2 Å². The molecule has 0 heterocycles.